The number of fused-ring (bicyclic) bond motifs is 4. The van der Waals surface area contributed by atoms with E-state index in [0.717, 1.165) is 22.5 Å². The van der Waals surface area contributed by atoms with E-state index in [-0.39, 0.29) is 25.4 Å². The molecule has 2 aromatic rings. The van der Waals surface area contributed by atoms with Gasteiger partial charge in [-0.25, -0.2) is 0 Å². The molecule has 2 amide bonds. The van der Waals surface area contributed by atoms with Gasteiger partial charge in [-0.3, -0.25) is 9.59 Å². The first-order chi connectivity index (χ1) is 14.0. The molecule has 4 aliphatic rings. The highest BCUT2D eigenvalue weighted by Crippen LogP contribution is 2.50. The monoisotopic (exact) mass is 394 g/mol. The summed E-state index contributed by atoms with van der Waals surface area (Å²) < 4.78 is 21.9. The lowest BCUT2D eigenvalue weighted by Gasteiger charge is -2.45. The quantitative estimate of drug-likeness (QED) is 0.635. The number of hydrogen-bond acceptors (Lipinski definition) is 6. The van der Waals surface area contributed by atoms with Gasteiger partial charge in [0.25, 0.3) is 0 Å². The maximum absolute atomic E-state index is 13.5. The van der Waals surface area contributed by atoms with Crippen LogP contribution in [0.1, 0.15) is 11.1 Å². The normalized spacial score (nSPS) is 20.2. The first-order valence-electron chi connectivity index (χ1n) is 9.39. The summed E-state index contributed by atoms with van der Waals surface area (Å²) in [5.41, 5.74) is 2.07. The second-order valence-corrected chi connectivity index (χ2v) is 7.83. The van der Waals surface area contributed by atoms with Gasteiger partial charge >= 0.3 is 0 Å². The topological polar surface area (TPSA) is 77.5 Å². The zero-order valence-corrected chi connectivity index (χ0v) is 16.0. The highest BCUT2D eigenvalue weighted by Gasteiger charge is 2.55. The van der Waals surface area contributed by atoms with E-state index in [4.69, 9.17) is 18.9 Å². The van der Waals surface area contributed by atoms with Crippen molar-refractivity contribution in [3.05, 3.63) is 35.4 Å². The number of hydrogen-bond donors (Lipinski definition) is 0. The van der Waals surface area contributed by atoms with Crippen LogP contribution in [-0.4, -0.2) is 39.5 Å². The maximum Gasteiger partial charge on any atom is 0.243 e. The summed E-state index contributed by atoms with van der Waals surface area (Å²) in [6.45, 7) is 0.312. The van der Waals surface area contributed by atoms with E-state index < -0.39 is 5.41 Å². The molecule has 6 rings (SSSR count). The molecule has 0 saturated carbocycles. The molecule has 0 aliphatic carbocycles. The Bertz CT molecular complexity index is 1020. The van der Waals surface area contributed by atoms with Crippen LogP contribution in [0.25, 0.3) is 0 Å². The lowest BCUT2D eigenvalue weighted by atomic mass is 9.69. The molecule has 0 saturated heterocycles. The van der Waals surface area contributed by atoms with Gasteiger partial charge < -0.3 is 28.7 Å². The Morgan fingerprint density at radius 2 is 1.07 bits per heavy atom. The van der Waals surface area contributed by atoms with Crippen molar-refractivity contribution in [3.8, 4) is 23.0 Å². The fourth-order valence-electron chi connectivity index (χ4n) is 4.82. The molecule has 2 aromatic carbocycles. The van der Waals surface area contributed by atoms with Crippen molar-refractivity contribution in [2.75, 3.05) is 37.5 Å². The van der Waals surface area contributed by atoms with Crippen molar-refractivity contribution in [3.63, 3.8) is 0 Å². The van der Waals surface area contributed by atoms with Gasteiger partial charge in [-0.1, -0.05) is 0 Å². The largest absolute Gasteiger partial charge is 0.454 e. The number of amides is 2. The van der Waals surface area contributed by atoms with Crippen LogP contribution in [0.3, 0.4) is 0 Å². The van der Waals surface area contributed by atoms with Crippen LogP contribution in [0.5, 0.6) is 23.0 Å². The van der Waals surface area contributed by atoms with Crippen LogP contribution in [0.2, 0.25) is 0 Å². The number of anilines is 2. The molecule has 148 valence electrons. The molecule has 0 fully saturated rings. The van der Waals surface area contributed by atoms with Crippen molar-refractivity contribution in [1.29, 1.82) is 0 Å². The van der Waals surface area contributed by atoms with Crippen molar-refractivity contribution in [2.45, 2.75) is 12.8 Å². The molecule has 0 aromatic heterocycles. The summed E-state index contributed by atoms with van der Waals surface area (Å²) in [5, 5.41) is 0. The van der Waals surface area contributed by atoms with E-state index in [1.54, 1.807) is 23.9 Å². The highest BCUT2D eigenvalue weighted by atomic mass is 16.7. The summed E-state index contributed by atoms with van der Waals surface area (Å²) in [7, 11) is 3.40. The highest BCUT2D eigenvalue weighted by molar-refractivity contribution is 6.19. The summed E-state index contributed by atoms with van der Waals surface area (Å²) >= 11 is 0. The smallest absolute Gasteiger partial charge is 0.243 e. The molecule has 0 atom stereocenters. The average Bonchev–Trinajstić information content (AvgIpc) is 3.36. The van der Waals surface area contributed by atoms with E-state index in [9.17, 15) is 9.59 Å². The molecule has 4 heterocycles. The standard InChI is InChI=1S/C21H18N2O6/c1-22-13-5-17-15(26-9-28-17)3-11(13)7-21(19(22)24)8-12-4-16-18(29-10-27-16)6-14(12)23(2)20(21)25/h3-6H,7-10H2,1-2H3. The molecule has 0 N–H and O–H groups in total. The van der Waals surface area contributed by atoms with Gasteiger partial charge in [0, 0.05) is 26.2 Å². The molecule has 0 bridgehead atoms. The Hall–Kier alpha value is -3.42. The van der Waals surface area contributed by atoms with E-state index in [2.05, 4.69) is 0 Å². The molecule has 8 heteroatoms. The van der Waals surface area contributed by atoms with Crippen LogP contribution < -0.4 is 28.7 Å². The van der Waals surface area contributed by atoms with Crippen LogP contribution in [0.4, 0.5) is 11.4 Å². The lowest BCUT2D eigenvalue weighted by Crippen LogP contribution is -2.59. The van der Waals surface area contributed by atoms with Crippen LogP contribution in [-0.2, 0) is 22.4 Å². The molecule has 4 aliphatic heterocycles. The lowest BCUT2D eigenvalue weighted by molar-refractivity contribution is -0.141. The number of carbonyl (C=O) groups excluding carboxylic acids is 2. The van der Waals surface area contributed by atoms with Crippen molar-refractivity contribution in [2.24, 2.45) is 5.41 Å². The summed E-state index contributed by atoms with van der Waals surface area (Å²) in [4.78, 5) is 30.2. The minimum atomic E-state index is -1.20. The Labute approximate surface area is 166 Å². The number of nitrogens with zero attached hydrogens (tertiary/aromatic N) is 2. The summed E-state index contributed by atoms with van der Waals surface area (Å²) in [6, 6.07) is 7.38. The molecular formula is C21H18N2O6. The Morgan fingerprint density at radius 1 is 0.690 bits per heavy atom. The van der Waals surface area contributed by atoms with Crippen molar-refractivity contribution in [1.82, 2.24) is 0 Å². The Balaban J connectivity index is 1.49. The van der Waals surface area contributed by atoms with E-state index >= 15 is 0 Å². The van der Waals surface area contributed by atoms with Crippen LogP contribution >= 0.6 is 0 Å². The minimum Gasteiger partial charge on any atom is -0.454 e. The van der Waals surface area contributed by atoms with E-state index in [1.165, 1.54) is 0 Å². The average molecular weight is 394 g/mol. The van der Waals surface area contributed by atoms with Gasteiger partial charge in [0.1, 0.15) is 5.41 Å². The number of ether oxygens (including phenoxy) is 4. The van der Waals surface area contributed by atoms with Crippen LogP contribution in [0.15, 0.2) is 24.3 Å². The van der Waals surface area contributed by atoms with E-state index in [1.807, 2.05) is 24.3 Å². The van der Waals surface area contributed by atoms with Crippen molar-refractivity contribution >= 4 is 23.2 Å². The third-order valence-corrected chi connectivity index (χ3v) is 6.28. The molecule has 0 radical (unpaired) electrons. The molecule has 1 spiro atoms. The first-order valence-corrected chi connectivity index (χ1v) is 9.39. The van der Waals surface area contributed by atoms with Crippen LogP contribution in [0, 0.1) is 5.41 Å². The number of benzene rings is 2. The second kappa shape index (κ2) is 5.34. The van der Waals surface area contributed by atoms with Gasteiger partial charge in [-0.05, 0) is 36.1 Å². The van der Waals surface area contributed by atoms with Gasteiger partial charge in [0.05, 0.1) is 11.4 Å². The van der Waals surface area contributed by atoms with Gasteiger partial charge in [0.2, 0.25) is 25.4 Å². The first kappa shape index (κ1) is 16.5. The molecule has 0 unspecified atom stereocenters. The van der Waals surface area contributed by atoms with Crippen molar-refractivity contribution < 1.29 is 28.5 Å². The Morgan fingerprint density at radius 3 is 1.48 bits per heavy atom. The number of carbonyl (C=O) groups is 2. The minimum absolute atomic E-state index is 0.156. The fraction of sp³-hybridized carbons (Fsp3) is 0.333. The van der Waals surface area contributed by atoms with Gasteiger partial charge in [-0.2, -0.15) is 0 Å². The van der Waals surface area contributed by atoms with Gasteiger partial charge in [0.15, 0.2) is 23.0 Å². The van der Waals surface area contributed by atoms with Gasteiger partial charge in [-0.15, -0.1) is 0 Å². The zero-order chi connectivity index (χ0) is 19.9. The fourth-order valence-corrected chi connectivity index (χ4v) is 4.82. The van der Waals surface area contributed by atoms with E-state index in [0.29, 0.717) is 35.8 Å². The summed E-state index contributed by atoms with van der Waals surface area (Å²) in [5.74, 6) is 2.08. The third kappa shape index (κ3) is 2.03. The zero-order valence-electron chi connectivity index (χ0n) is 16.0. The molecule has 29 heavy (non-hydrogen) atoms. The predicted octanol–water partition coefficient (Wildman–Crippen LogP) is 1.87. The maximum atomic E-state index is 13.5. The SMILES string of the molecule is CN1C(=O)C2(Cc3cc4c(cc31)OCO4)Cc1cc3c(cc1N(C)C2=O)OCO3. The second-order valence-electron chi connectivity index (χ2n) is 7.83. The molecule has 8 nitrogen and oxygen atoms in total. The third-order valence-electron chi connectivity index (χ3n) is 6.28. The Kier molecular flexibility index (Phi) is 3.04. The summed E-state index contributed by atoms with van der Waals surface area (Å²) in [6.07, 6.45) is 0.610. The molecular weight excluding hydrogens is 376 g/mol. The predicted molar refractivity (Wildman–Crippen MR) is 102 cm³/mol. The number of rotatable bonds is 0.